The maximum Gasteiger partial charge on any atom is 0.434 e. The molecule has 2 aromatic carbocycles. The van der Waals surface area contributed by atoms with E-state index < -0.39 is 23.7 Å². The van der Waals surface area contributed by atoms with E-state index in [-0.39, 0.29) is 23.7 Å². The van der Waals surface area contributed by atoms with Gasteiger partial charge in [-0.25, -0.2) is 15.0 Å². The Morgan fingerprint density at radius 2 is 0.976 bits per heavy atom. The van der Waals surface area contributed by atoms with Gasteiger partial charge in [0.15, 0.2) is 11.4 Å². The van der Waals surface area contributed by atoms with Crippen molar-refractivity contribution in [3.05, 3.63) is 78.6 Å². The molecule has 3 aromatic heterocycles. The Balaban J connectivity index is 1.39. The molecule has 41 heavy (non-hydrogen) atoms. The minimum atomic E-state index is -4.55. The highest BCUT2D eigenvalue weighted by Crippen LogP contribution is 2.35. The van der Waals surface area contributed by atoms with Crippen LogP contribution in [-0.2, 0) is 12.4 Å². The summed E-state index contributed by atoms with van der Waals surface area (Å²) in [7, 11) is 0. The Hall–Kier alpha value is -4.35. The van der Waals surface area contributed by atoms with Crippen LogP contribution in [0.2, 0.25) is 0 Å². The first-order valence-electron chi connectivity index (χ1n) is 12.7. The summed E-state index contributed by atoms with van der Waals surface area (Å²) >= 11 is 0. The van der Waals surface area contributed by atoms with Gasteiger partial charge in [0.05, 0.1) is 0 Å². The van der Waals surface area contributed by atoms with Crippen LogP contribution in [-0.4, -0.2) is 24.1 Å². The van der Waals surface area contributed by atoms with Crippen molar-refractivity contribution < 1.29 is 30.8 Å². The molecule has 5 aromatic rings. The first kappa shape index (κ1) is 28.2. The van der Waals surface area contributed by atoms with Gasteiger partial charge in [-0.3, -0.25) is 0 Å². The number of imidazole rings is 2. The van der Waals surface area contributed by atoms with Crippen molar-refractivity contribution in [2.75, 3.05) is 0 Å². The van der Waals surface area contributed by atoms with E-state index in [0.717, 1.165) is 12.4 Å². The molecule has 0 spiro atoms. The van der Waals surface area contributed by atoms with Crippen molar-refractivity contribution >= 4 is 0 Å². The molecule has 0 radical (unpaired) electrons. The van der Waals surface area contributed by atoms with Gasteiger partial charge in [-0.1, -0.05) is 36.4 Å². The average molecular weight is 574 g/mol. The Kier molecular flexibility index (Phi) is 7.04. The SMILES string of the molecule is CC(C)n1cc(C(F)(F)F)nc1-c1ccc(-c2coc(-c3ccc(-c4nc(C(F)(F)F)cn4C(C)C)cc3)n2)cc1. The highest BCUT2D eigenvalue weighted by molar-refractivity contribution is 5.68. The van der Waals surface area contributed by atoms with E-state index in [1.807, 2.05) is 0 Å². The van der Waals surface area contributed by atoms with E-state index in [9.17, 15) is 26.3 Å². The monoisotopic (exact) mass is 573 g/mol. The van der Waals surface area contributed by atoms with Crippen molar-refractivity contribution in [1.29, 1.82) is 0 Å². The quantitative estimate of drug-likeness (QED) is 0.190. The number of hydrogen-bond acceptors (Lipinski definition) is 4. The number of aromatic nitrogens is 5. The number of nitrogens with zero attached hydrogens (tertiary/aromatic N) is 5. The Morgan fingerprint density at radius 3 is 1.37 bits per heavy atom. The lowest BCUT2D eigenvalue weighted by Gasteiger charge is -2.11. The van der Waals surface area contributed by atoms with Crippen molar-refractivity contribution in [2.24, 2.45) is 0 Å². The van der Waals surface area contributed by atoms with Crippen LogP contribution in [0.3, 0.4) is 0 Å². The first-order valence-corrected chi connectivity index (χ1v) is 12.7. The minimum absolute atomic E-state index is 0.201. The minimum Gasteiger partial charge on any atom is -0.444 e. The van der Waals surface area contributed by atoms with Crippen LogP contribution < -0.4 is 0 Å². The number of oxazole rings is 1. The van der Waals surface area contributed by atoms with Gasteiger partial charge in [-0.2, -0.15) is 26.3 Å². The Morgan fingerprint density at radius 1 is 0.585 bits per heavy atom. The molecule has 3 heterocycles. The summed E-state index contributed by atoms with van der Waals surface area (Å²) in [6.45, 7) is 7.11. The summed E-state index contributed by atoms with van der Waals surface area (Å²) in [6, 6.07) is 13.0. The standard InChI is InChI=1S/C29H25F6N5O/c1-16(2)39-13-23(28(30,31)32)37-25(39)19-7-5-18(6-8-19)22-15-41-27(36-22)21-11-9-20(10-12-21)26-38-24(29(33,34)35)14-40(26)17(3)4/h5-17H,1-4H3. The molecule has 0 bridgehead atoms. The Bertz CT molecular complexity index is 1530. The maximum atomic E-state index is 13.3. The van der Waals surface area contributed by atoms with Crippen molar-refractivity contribution in [1.82, 2.24) is 24.1 Å². The van der Waals surface area contributed by atoms with Gasteiger partial charge in [0, 0.05) is 46.7 Å². The van der Waals surface area contributed by atoms with Crippen LogP contribution >= 0.6 is 0 Å². The molecule has 0 aliphatic heterocycles. The lowest BCUT2D eigenvalue weighted by molar-refractivity contribution is -0.141. The summed E-state index contributed by atoms with van der Waals surface area (Å²) in [5.74, 6) is 0.705. The van der Waals surface area contributed by atoms with Gasteiger partial charge in [0.2, 0.25) is 5.89 Å². The van der Waals surface area contributed by atoms with Crippen LogP contribution in [0.15, 0.2) is 71.6 Å². The summed E-state index contributed by atoms with van der Waals surface area (Å²) in [5, 5.41) is 0. The van der Waals surface area contributed by atoms with Gasteiger partial charge in [-0.05, 0) is 39.8 Å². The zero-order chi connectivity index (χ0) is 29.7. The van der Waals surface area contributed by atoms with Crippen molar-refractivity contribution in [3.63, 3.8) is 0 Å². The normalized spacial score (nSPS) is 12.6. The number of alkyl halides is 6. The second-order valence-corrected chi connectivity index (χ2v) is 10.1. The Labute approximate surface area is 231 Å². The van der Waals surface area contributed by atoms with Crippen LogP contribution in [0.25, 0.3) is 45.5 Å². The molecule has 0 aliphatic carbocycles. The molecule has 0 unspecified atom stereocenters. The number of rotatable bonds is 6. The van der Waals surface area contributed by atoms with Crippen LogP contribution in [0.1, 0.15) is 51.2 Å². The summed E-state index contributed by atoms with van der Waals surface area (Å²) in [4.78, 5) is 12.1. The van der Waals surface area contributed by atoms with Gasteiger partial charge in [0.25, 0.3) is 0 Å². The molecule has 0 amide bonds. The molecule has 0 saturated carbocycles. The fourth-order valence-electron chi connectivity index (χ4n) is 4.37. The third kappa shape index (κ3) is 5.63. The zero-order valence-electron chi connectivity index (χ0n) is 22.4. The second kappa shape index (κ2) is 10.2. The molecule has 0 N–H and O–H groups in total. The van der Waals surface area contributed by atoms with E-state index in [4.69, 9.17) is 4.42 Å². The molecule has 0 saturated heterocycles. The van der Waals surface area contributed by atoms with E-state index in [2.05, 4.69) is 15.0 Å². The first-order chi connectivity index (χ1) is 19.2. The summed E-state index contributed by atoms with van der Waals surface area (Å²) in [6.07, 6.45) is -5.64. The molecular formula is C29H25F6N5O. The van der Waals surface area contributed by atoms with Crippen LogP contribution in [0.4, 0.5) is 26.3 Å². The van der Waals surface area contributed by atoms with E-state index in [1.165, 1.54) is 15.4 Å². The van der Waals surface area contributed by atoms with Crippen LogP contribution in [0, 0.1) is 0 Å². The predicted octanol–water partition coefficient (Wildman–Crippen LogP) is 8.94. The molecule has 12 heteroatoms. The third-order valence-corrected chi connectivity index (χ3v) is 6.49. The number of halogens is 6. The highest BCUT2D eigenvalue weighted by atomic mass is 19.4. The lowest BCUT2D eigenvalue weighted by Crippen LogP contribution is -2.05. The summed E-state index contributed by atoms with van der Waals surface area (Å²) in [5.41, 5.74) is 0.907. The molecular weight excluding hydrogens is 548 g/mol. The summed E-state index contributed by atoms with van der Waals surface area (Å²) < 4.78 is 88.1. The van der Waals surface area contributed by atoms with E-state index in [0.29, 0.717) is 33.8 Å². The number of benzene rings is 2. The number of hydrogen-bond donors (Lipinski definition) is 0. The lowest BCUT2D eigenvalue weighted by atomic mass is 10.1. The van der Waals surface area contributed by atoms with E-state index >= 15 is 0 Å². The predicted molar refractivity (Wildman–Crippen MR) is 141 cm³/mol. The molecule has 5 rings (SSSR count). The van der Waals surface area contributed by atoms with E-state index in [1.54, 1.807) is 76.2 Å². The van der Waals surface area contributed by atoms with Gasteiger partial charge in [-0.15, -0.1) is 0 Å². The molecule has 214 valence electrons. The fraction of sp³-hybridized carbons (Fsp3) is 0.276. The molecule has 0 atom stereocenters. The highest BCUT2D eigenvalue weighted by Gasteiger charge is 2.36. The fourth-order valence-corrected chi connectivity index (χ4v) is 4.37. The van der Waals surface area contributed by atoms with Crippen molar-refractivity contribution in [2.45, 2.75) is 52.1 Å². The second-order valence-electron chi connectivity index (χ2n) is 10.1. The van der Waals surface area contributed by atoms with Gasteiger partial charge in [0.1, 0.15) is 23.6 Å². The third-order valence-electron chi connectivity index (χ3n) is 6.49. The van der Waals surface area contributed by atoms with Crippen molar-refractivity contribution in [3.8, 4) is 45.5 Å². The van der Waals surface area contributed by atoms with Gasteiger partial charge >= 0.3 is 12.4 Å². The molecule has 0 aliphatic rings. The smallest absolute Gasteiger partial charge is 0.434 e. The van der Waals surface area contributed by atoms with Crippen LogP contribution in [0.5, 0.6) is 0 Å². The average Bonchev–Trinajstić information content (AvgIpc) is 3.67. The molecule has 6 nitrogen and oxygen atoms in total. The molecule has 0 fully saturated rings. The van der Waals surface area contributed by atoms with Gasteiger partial charge < -0.3 is 13.6 Å². The largest absolute Gasteiger partial charge is 0.444 e. The zero-order valence-corrected chi connectivity index (χ0v) is 22.4. The topological polar surface area (TPSA) is 61.7 Å². The maximum absolute atomic E-state index is 13.3.